The van der Waals surface area contributed by atoms with Crippen LogP contribution in [0.3, 0.4) is 0 Å². The molecular formula is C16H13F3O2. The first-order valence-electron chi connectivity index (χ1n) is 6.51. The van der Waals surface area contributed by atoms with Gasteiger partial charge in [-0.15, -0.1) is 13.2 Å². The Hall–Kier alpha value is -2.01. The van der Waals surface area contributed by atoms with Crippen LogP contribution in [0, 0.1) is 0 Å². The fourth-order valence-electron chi connectivity index (χ4n) is 2.78. The molecule has 0 spiro atoms. The third kappa shape index (κ3) is 2.88. The summed E-state index contributed by atoms with van der Waals surface area (Å²) in [5, 5.41) is 10.8. The standard InChI is InChI=1S/C16H13F3O2/c17-16(18,19)21-14-7-3-6-13(8-14)15(20)9-11-4-1-2-5-12(11)10-15/h1-8,20H,9-10H2. The quantitative estimate of drug-likeness (QED) is 0.917. The highest BCUT2D eigenvalue weighted by Gasteiger charge is 2.37. The van der Waals surface area contributed by atoms with Gasteiger partial charge in [-0.3, -0.25) is 0 Å². The van der Waals surface area contributed by atoms with Crippen molar-refractivity contribution in [3.63, 3.8) is 0 Å². The predicted octanol–water partition coefficient (Wildman–Crippen LogP) is 3.57. The van der Waals surface area contributed by atoms with Gasteiger partial charge in [0.15, 0.2) is 0 Å². The minimum atomic E-state index is -4.74. The summed E-state index contributed by atoms with van der Waals surface area (Å²) < 4.78 is 40.7. The molecule has 21 heavy (non-hydrogen) atoms. The first-order valence-corrected chi connectivity index (χ1v) is 6.51. The number of benzene rings is 2. The lowest BCUT2D eigenvalue weighted by atomic mass is 9.91. The highest BCUT2D eigenvalue weighted by molar-refractivity contribution is 5.42. The third-order valence-corrected chi connectivity index (χ3v) is 3.69. The molecule has 0 saturated heterocycles. The molecule has 0 aliphatic heterocycles. The predicted molar refractivity (Wildman–Crippen MR) is 70.9 cm³/mol. The van der Waals surface area contributed by atoms with Crippen molar-refractivity contribution in [2.45, 2.75) is 24.8 Å². The van der Waals surface area contributed by atoms with Gasteiger partial charge in [-0.05, 0) is 28.8 Å². The summed E-state index contributed by atoms with van der Waals surface area (Å²) in [6, 6.07) is 13.2. The first kappa shape index (κ1) is 13.9. The lowest BCUT2D eigenvalue weighted by Crippen LogP contribution is -2.26. The van der Waals surface area contributed by atoms with Crippen LogP contribution in [-0.2, 0) is 18.4 Å². The van der Waals surface area contributed by atoms with Crippen molar-refractivity contribution >= 4 is 0 Å². The van der Waals surface area contributed by atoms with Crippen LogP contribution in [0.2, 0.25) is 0 Å². The minimum Gasteiger partial charge on any atom is -0.406 e. The number of aliphatic hydroxyl groups is 1. The summed E-state index contributed by atoms with van der Waals surface area (Å²) in [6.45, 7) is 0. The molecule has 110 valence electrons. The van der Waals surface area contributed by atoms with Crippen molar-refractivity contribution in [1.82, 2.24) is 0 Å². The molecule has 0 bridgehead atoms. The molecule has 2 nitrogen and oxygen atoms in total. The van der Waals surface area contributed by atoms with E-state index in [0.717, 1.165) is 11.1 Å². The largest absolute Gasteiger partial charge is 0.573 e. The average Bonchev–Trinajstić information content (AvgIpc) is 2.74. The van der Waals surface area contributed by atoms with Crippen LogP contribution in [0.4, 0.5) is 13.2 Å². The summed E-state index contributed by atoms with van der Waals surface area (Å²) in [4.78, 5) is 0. The Kier molecular flexibility index (Phi) is 3.17. The van der Waals surface area contributed by atoms with Gasteiger partial charge in [0.05, 0.1) is 5.60 Å². The minimum absolute atomic E-state index is 0.315. The molecule has 0 unspecified atom stereocenters. The van der Waals surface area contributed by atoms with Crippen LogP contribution in [0.1, 0.15) is 16.7 Å². The van der Waals surface area contributed by atoms with Crippen molar-refractivity contribution in [1.29, 1.82) is 0 Å². The molecule has 0 heterocycles. The van der Waals surface area contributed by atoms with E-state index in [1.54, 1.807) is 6.07 Å². The summed E-state index contributed by atoms with van der Waals surface area (Å²) in [7, 11) is 0. The molecule has 0 atom stereocenters. The van der Waals surface area contributed by atoms with Gasteiger partial charge >= 0.3 is 6.36 Å². The van der Waals surface area contributed by atoms with Crippen LogP contribution >= 0.6 is 0 Å². The van der Waals surface area contributed by atoms with Gasteiger partial charge in [-0.25, -0.2) is 0 Å². The molecule has 1 aliphatic rings. The highest BCUT2D eigenvalue weighted by Crippen LogP contribution is 2.39. The number of hydrogen-bond donors (Lipinski definition) is 1. The normalized spacial score (nSPS) is 16.6. The van der Waals surface area contributed by atoms with E-state index in [9.17, 15) is 18.3 Å². The number of ether oxygens (including phenoxy) is 1. The summed E-state index contributed by atoms with van der Waals surface area (Å²) in [6.07, 6.45) is -3.96. The smallest absolute Gasteiger partial charge is 0.406 e. The lowest BCUT2D eigenvalue weighted by Gasteiger charge is -2.23. The number of halogens is 3. The van der Waals surface area contributed by atoms with E-state index < -0.39 is 12.0 Å². The Labute approximate surface area is 119 Å². The van der Waals surface area contributed by atoms with E-state index in [0.29, 0.717) is 18.4 Å². The molecule has 0 fully saturated rings. The molecule has 2 aromatic carbocycles. The van der Waals surface area contributed by atoms with Gasteiger partial charge in [0.1, 0.15) is 5.75 Å². The zero-order valence-corrected chi connectivity index (χ0v) is 11.0. The van der Waals surface area contributed by atoms with E-state index in [-0.39, 0.29) is 5.75 Å². The second-order valence-corrected chi connectivity index (χ2v) is 5.23. The Bertz CT molecular complexity index is 640. The third-order valence-electron chi connectivity index (χ3n) is 3.69. The van der Waals surface area contributed by atoms with Crippen LogP contribution in [0.15, 0.2) is 48.5 Å². The van der Waals surface area contributed by atoms with Gasteiger partial charge < -0.3 is 9.84 Å². The van der Waals surface area contributed by atoms with Crippen LogP contribution in [-0.4, -0.2) is 11.5 Å². The maximum Gasteiger partial charge on any atom is 0.573 e. The number of fused-ring (bicyclic) bond motifs is 1. The Balaban J connectivity index is 1.90. The number of rotatable bonds is 2. The summed E-state index contributed by atoms with van der Waals surface area (Å²) in [5.74, 6) is -0.315. The SMILES string of the molecule is OC1(c2cccc(OC(F)(F)F)c2)Cc2ccccc2C1. The first-order chi connectivity index (χ1) is 9.86. The van der Waals surface area contributed by atoms with Gasteiger partial charge in [-0.1, -0.05) is 36.4 Å². The van der Waals surface area contributed by atoms with Crippen molar-refractivity contribution in [2.75, 3.05) is 0 Å². The summed E-state index contributed by atoms with van der Waals surface area (Å²) >= 11 is 0. The van der Waals surface area contributed by atoms with E-state index >= 15 is 0 Å². The molecule has 1 aliphatic carbocycles. The zero-order valence-electron chi connectivity index (χ0n) is 11.0. The van der Waals surface area contributed by atoms with Gasteiger partial charge in [0.2, 0.25) is 0 Å². The Morgan fingerprint density at radius 3 is 2.14 bits per heavy atom. The van der Waals surface area contributed by atoms with Crippen molar-refractivity contribution in [3.05, 3.63) is 65.2 Å². The number of alkyl halides is 3. The molecule has 0 saturated carbocycles. The second kappa shape index (κ2) is 4.77. The molecule has 0 radical (unpaired) electrons. The molecule has 3 rings (SSSR count). The van der Waals surface area contributed by atoms with Gasteiger partial charge in [-0.2, -0.15) is 0 Å². The number of hydrogen-bond acceptors (Lipinski definition) is 2. The fourth-order valence-corrected chi connectivity index (χ4v) is 2.78. The molecule has 2 aromatic rings. The monoisotopic (exact) mass is 294 g/mol. The van der Waals surface area contributed by atoms with Gasteiger partial charge in [0.25, 0.3) is 0 Å². The zero-order chi connectivity index (χ0) is 15.1. The Morgan fingerprint density at radius 1 is 0.952 bits per heavy atom. The highest BCUT2D eigenvalue weighted by atomic mass is 19.4. The molecule has 1 N–H and O–H groups in total. The van der Waals surface area contributed by atoms with E-state index in [1.165, 1.54) is 18.2 Å². The Morgan fingerprint density at radius 2 is 1.57 bits per heavy atom. The maximum atomic E-state index is 12.3. The average molecular weight is 294 g/mol. The molecule has 0 aromatic heterocycles. The lowest BCUT2D eigenvalue weighted by molar-refractivity contribution is -0.274. The van der Waals surface area contributed by atoms with Crippen LogP contribution in [0.25, 0.3) is 0 Å². The summed E-state index contributed by atoms with van der Waals surface area (Å²) in [5.41, 5.74) is 1.28. The molecular weight excluding hydrogens is 281 g/mol. The molecule has 0 amide bonds. The van der Waals surface area contributed by atoms with Crippen molar-refractivity contribution in [2.24, 2.45) is 0 Å². The van der Waals surface area contributed by atoms with E-state index in [1.807, 2.05) is 24.3 Å². The van der Waals surface area contributed by atoms with E-state index in [4.69, 9.17) is 0 Å². The van der Waals surface area contributed by atoms with Crippen LogP contribution in [0.5, 0.6) is 5.75 Å². The van der Waals surface area contributed by atoms with Crippen molar-refractivity contribution in [3.8, 4) is 5.75 Å². The molecule has 5 heteroatoms. The van der Waals surface area contributed by atoms with Crippen LogP contribution < -0.4 is 4.74 Å². The fraction of sp³-hybridized carbons (Fsp3) is 0.250. The van der Waals surface area contributed by atoms with Gasteiger partial charge in [0, 0.05) is 12.8 Å². The topological polar surface area (TPSA) is 29.5 Å². The second-order valence-electron chi connectivity index (χ2n) is 5.23. The van der Waals surface area contributed by atoms with Crippen molar-refractivity contribution < 1.29 is 23.0 Å². The van der Waals surface area contributed by atoms with E-state index in [2.05, 4.69) is 4.74 Å². The maximum absolute atomic E-state index is 12.3.